The average molecular weight is 508 g/mol. The lowest BCUT2D eigenvalue weighted by atomic mass is 10.4. The van der Waals surface area contributed by atoms with Gasteiger partial charge in [-0.15, -0.1) is 22.7 Å². The molecule has 0 N–H and O–H groups in total. The molecule has 4 rings (SSSR count). The quantitative estimate of drug-likeness (QED) is 0.369. The van der Waals surface area contributed by atoms with Crippen LogP contribution in [0.2, 0.25) is 0 Å². The molecule has 29 heavy (non-hydrogen) atoms. The summed E-state index contributed by atoms with van der Waals surface area (Å²) in [6, 6.07) is 3.51. The molecule has 0 spiro atoms. The van der Waals surface area contributed by atoms with Gasteiger partial charge in [0.25, 0.3) is 5.01 Å². The number of rotatable bonds is 6. The molecule has 0 bridgehead atoms. The van der Waals surface area contributed by atoms with Gasteiger partial charge in [-0.3, -0.25) is 0 Å². The number of nitrogens with zero attached hydrogens (tertiary/aromatic N) is 2. The van der Waals surface area contributed by atoms with Gasteiger partial charge in [0.2, 0.25) is 11.4 Å². The lowest BCUT2D eigenvalue weighted by Gasteiger charge is -2.21. The molecule has 1 aliphatic heterocycles. The number of anilines is 1. The Morgan fingerprint density at radius 2 is 1.83 bits per heavy atom. The minimum absolute atomic E-state index is 0.573. The number of thiophene rings is 2. The predicted octanol–water partition coefficient (Wildman–Crippen LogP) is 2.78. The van der Waals surface area contributed by atoms with Gasteiger partial charge in [-0.1, -0.05) is 29.2 Å². The molecule has 0 amide bonds. The summed E-state index contributed by atoms with van der Waals surface area (Å²) in [4.78, 5) is 1.44. The summed E-state index contributed by atoms with van der Waals surface area (Å²) < 4.78 is 70.8. The van der Waals surface area contributed by atoms with Gasteiger partial charge in [0.05, 0.1) is 14.9 Å². The first-order valence-electron chi connectivity index (χ1n) is 7.79. The third-order valence-corrected chi connectivity index (χ3v) is 9.32. The SMILES string of the molecule is O=S(=O)([O-])CN1/C(=C/C=C/c2sc3sccc3[n+]2CS(=O)(=O)[O-])Sc2sccc21. The molecule has 1 aliphatic rings. The van der Waals surface area contributed by atoms with Gasteiger partial charge in [0.15, 0.2) is 14.1 Å². The normalized spacial score (nSPS) is 16.5. The Hall–Kier alpha value is -1.26. The molecule has 14 heteroatoms. The van der Waals surface area contributed by atoms with E-state index in [0.717, 1.165) is 8.22 Å². The molecule has 0 aliphatic carbocycles. The van der Waals surface area contributed by atoms with E-state index in [4.69, 9.17) is 0 Å². The van der Waals surface area contributed by atoms with Crippen LogP contribution >= 0.6 is 45.8 Å². The summed E-state index contributed by atoms with van der Waals surface area (Å²) in [6.07, 6.45) is 4.96. The fourth-order valence-electron chi connectivity index (χ4n) is 2.71. The molecule has 4 heterocycles. The van der Waals surface area contributed by atoms with Gasteiger partial charge in [-0.05, 0) is 22.9 Å². The second-order valence-electron chi connectivity index (χ2n) is 5.82. The van der Waals surface area contributed by atoms with Gasteiger partial charge >= 0.3 is 0 Å². The number of hydrogen-bond donors (Lipinski definition) is 0. The van der Waals surface area contributed by atoms with Gasteiger partial charge in [-0.2, -0.15) is 4.57 Å². The summed E-state index contributed by atoms with van der Waals surface area (Å²) in [6.45, 7) is 0. The highest BCUT2D eigenvalue weighted by atomic mass is 32.2. The number of allylic oxidation sites excluding steroid dienone is 2. The maximum absolute atomic E-state index is 11.3. The number of hydrogen-bond acceptors (Lipinski definition) is 11. The molecule has 0 saturated heterocycles. The van der Waals surface area contributed by atoms with Crippen molar-refractivity contribution in [2.24, 2.45) is 0 Å². The molecule has 0 fully saturated rings. The second-order valence-corrected chi connectivity index (χ2v) is 13.0. The van der Waals surface area contributed by atoms with Crippen molar-refractivity contribution in [1.29, 1.82) is 0 Å². The Kier molecular flexibility index (Phi) is 5.63. The van der Waals surface area contributed by atoms with Crippen LogP contribution in [0, 0.1) is 0 Å². The molecule has 8 nitrogen and oxygen atoms in total. The van der Waals surface area contributed by atoms with Crippen molar-refractivity contribution >= 4 is 87.3 Å². The van der Waals surface area contributed by atoms with Crippen LogP contribution in [0.25, 0.3) is 15.6 Å². The Morgan fingerprint density at radius 3 is 2.55 bits per heavy atom. The standard InChI is InChI=1S/C15H12N2O6S6/c18-28(19,20)8-16-10-4-6-24-14(10)26-12(16)2-1-3-13-17(9-29(21,22)23)11-5-7-25-15(11)27-13/h1-7H,8-9H2,(H-,18,19,20,21,22,23)/p-1. The second kappa shape index (κ2) is 7.77. The molecule has 3 aromatic rings. The third-order valence-electron chi connectivity index (χ3n) is 3.78. The topological polar surface area (TPSA) is 122 Å². The molecule has 154 valence electrons. The number of aromatic nitrogens is 1. The van der Waals surface area contributed by atoms with Crippen molar-refractivity contribution in [2.45, 2.75) is 10.1 Å². The highest BCUT2D eigenvalue weighted by molar-refractivity contribution is 8.05. The summed E-state index contributed by atoms with van der Waals surface area (Å²) in [5.41, 5.74) is 1.34. The van der Waals surface area contributed by atoms with Crippen LogP contribution in [0.1, 0.15) is 5.01 Å². The van der Waals surface area contributed by atoms with E-state index in [-0.39, 0.29) is 0 Å². The Bertz CT molecular complexity index is 1340. The van der Waals surface area contributed by atoms with Crippen molar-refractivity contribution in [3.8, 4) is 0 Å². The van der Waals surface area contributed by atoms with E-state index in [2.05, 4.69) is 0 Å². The van der Waals surface area contributed by atoms with Crippen molar-refractivity contribution in [3.63, 3.8) is 0 Å². The molecule has 0 radical (unpaired) electrons. The van der Waals surface area contributed by atoms with Gasteiger partial charge in [0, 0.05) is 12.1 Å². The summed E-state index contributed by atoms with van der Waals surface area (Å²) in [5, 5.41) is 4.78. The molecule has 0 atom stereocenters. The first kappa shape index (κ1) is 21.0. The number of fused-ring (bicyclic) bond motifs is 2. The van der Waals surface area contributed by atoms with Gasteiger partial charge in [-0.25, -0.2) is 16.8 Å². The molecule has 0 unspecified atom stereocenters. The Morgan fingerprint density at radius 1 is 1.07 bits per heavy atom. The summed E-state index contributed by atoms with van der Waals surface area (Å²) in [5.74, 6) is -1.35. The fraction of sp³-hybridized carbons (Fsp3) is 0.133. The maximum atomic E-state index is 11.3. The van der Waals surface area contributed by atoms with Crippen molar-refractivity contribution < 1.29 is 30.5 Å². The smallest absolute Gasteiger partial charge is 0.264 e. The van der Waals surface area contributed by atoms with Crippen LogP contribution in [0.15, 0.2) is 44.3 Å². The number of thiazole rings is 1. The van der Waals surface area contributed by atoms with Crippen molar-refractivity contribution in [2.75, 3.05) is 10.8 Å². The van der Waals surface area contributed by atoms with E-state index in [1.165, 1.54) is 55.2 Å². The fourth-order valence-corrected chi connectivity index (χ4v) is 8.32. The summed E-state index contributed by atoms with van der Waals surface area (Å²) >= 11 is 5.59. The van der Waals surface area contributed by atoms with E-state index < -0.39 is 32.0 Å². The lowest BCUT2D eigenvalue weighted by molar-refractivity contribution is -0.649. The van der Waals surface area contributed by atoms with Crippen LogP contribution in [0.5, 0.6) is 0 Å². The van der Waals surface area contributed by atoms with Crippen LogP contribution in [0.4, 0.5) is 5.69 Å². The minimum atomic E-state index is -4.47. The molecule has 0 saturated carbocycles. The van der Waals surface area contributed by atoms with Crippen molar-refractivity contribution in [3.05, 3.63) is 45.1 Å². The molecular weight excluding hydrogens is 497 g/mol. The Balaban J connectivity index is 1.66. The van der Waals surface area contributed by atoms with Crippen LogP contribution in [-0.2, 0) is 26.1 Å². The predicted molar refractivity (Wildman–Crippen MR) is 114 cm³/mol. The van der Waals surface area contributed by atoms with Crippen LogP contribution < -0.4 is 9.47 Å². The summed E-state index contributed by atoms with van der Waals surface area (Å²) in [7, 11) is -8.95. The van der Waals surface area contributed by atoms with E-state index in [1.54, 1.807) is 30.4 Å². The zero-order valence-electron chi connectivity index (χ0n) is 14.2. The zero-order valence-corrected chi connectivity index (χ0v) is 19.1. The monoisotopic (exact) mass is 507 g/mol. The molecule has 0 aromatic carbocycles. The van der Waals surface area contributed by atoms with E-state index in [0.29, 0.717) is 21.2 Å². The van der Waals surface area contributed by atoms with Crippen LogP contribution in [-0.4, -0.2) is 31.8 Å². The van der Waals surface area contributed by atoms with Crippen molar-refractivity contribution in [1.82, 2.24) is 0 Å². The largest absolute Gasteiger partial charge is 0.747 e. The average Bonchev–Trinajstić information content (AvgIpc) is 3.31. The van der Waals surface area contributed by atoms with Crippen LogP contribution in [0.3, 0.4) is 0 Å². The van der Waals surface area contributed by atoms with Gasteiger partial charge < -0.3 is 14.0 Å². The molecule has 3 aromatic heterocycles. The molecular formula is C15H11N2O6S6-. The maximum Gasteiger partial charge on any atom is 0.264 e. The Labute approximate surface area is 182 Å². The minimum Gasteiger partial charge on any atom is -0.747 e. The highest BCUT2D eigenvalue weighted by Gasteiger charge is 2.27. The van der Waals surface area contributed by atoms with E-state index in [1.807, 2.05) is 10.8 Å². The highest BCUT2D eigenvalue weighted by Crippen LogP contribution is 2.49. The zero-order chi connectivity index (χ0) is 20.8. The first-order valence-corrected chi connectivity index (χ1v) is 14.3. The van der Waals surface area contributed by atoms with E-state index >= 15 is 0 Å². The lowest BCUT2D eigenvalue weighted by Crippen LogP contribution is -2.38. The third kappa shape index (κ3) is 4.74. The number of thioether (sulfide) groups is 1. The van der Waals surface area contributed by atoms with Gasteiger partial charge in [0.1, 0.15) is 16.0 Å². The first-order chi connectivity index (χ1) is 13.6. The van der Waals surface area contributed by atoms with E-state index in [9.17, 15) is 25.9 Å².